The second kappa shape index (κ2) is 11.6. The molecular weight excluding hydrogens is 602 g/mol. The number of rotatable bonds is 7. The van der Waals surface area contributed by atoms with Crippen molar-refractivity contribution in [2.45, 2.75) is 13.0 Å². The average molecular weight is 620 g/mol. The summed E-state index contributed by atoms with van der Waals surface area (Å²) in [5, 5.41) is 3.14. The number of hydrogen-bond donors (Lipinski definition) is 1. The topological polar surface area (TPSA) is 58.6 Å². The molecule has 0 aliphatic carbocycles. The quantitative estimate of drug-likeness (QED) is 0.133. The maximum atomic E-state index is 14.4. The Morgan fingerprint density at radius 3 is 2.57 bits per heavy atom. The van der Waals surface area contributed by atoms with Crippen molar-refractivity contribution in [1.82, 2.24) is 5.32 Å². The van der Waals surface area contributed by atoms with E-state index >= 15 is 0 Å². The van der Waals surface area contributed by atoms with Crippen LogP contribution < -0.4 is 15.0 Å². The van der Waals surface area contributed by atoms with Crippen LogP contribution in [0.15, 0.2) is 77.3 Å². The number of para-hydroxylation sites is 1. The van der Waals surface area contributed by atoms with Crippen LogP contribution in [-0.2, 0) is 22.6 Å². The van der Waals surface area contributed by atoms with E-state index < -0.39 is 17.6 Å². The van der Waals surface area contributed by atoms with Crippen LogP contribution in [0.5, 0.6) is 5.75 Å². The number of allylic oxidation sites excluding steroid dienone is 1. The highest BCUT2D eigenvalue weighted by Crippen LogP contribution is 2.34. The van der Waals surface area contributed by atoms with Crippen LogP contribution in [0.25, 0.3) is 6.08 Å². The van der Waals surface area contributed by atoms with Crippen LogP contribution in [0.3, 0.4) is 0 Å². The minimum absolute atomic E-state index is 0.0528. The fourth-order valence-electron chi connectivity index (χ4n) is 3.69. The van der Waals surface area contributed by atoms with Gasteiger partial charge in [-0.2, -0.15) is 0 Å². The Morgan fingerprint density at radius 1 is 1.11 bits per heavy atom. The zero-order valence-corrected chi connectivity index (χ0v) is 23.0. The highest BCUT2D eigenvalue weighted by atomic mass is 79.9. The van der Waals surface area contributed by atoms with Gasteiger partial charge in [0.05, 0.1) is 20.2 Å². The molecule has 10 heteroatoms. The molecule has 0 spiro atoms. The predicted molar refractivity (Wildman–Crippen MR) is 151 cm³/mol. The van der Waals surface area contributed by atoms with Crippen LogP contribution in [0.4, 0.5) is 10.1 Å². The molecule has 0 radical (unpaired) electrons. The average Bonchev–Trinajstić information content (AvgIpc) is 2.84. The molecule has 1 fully saturated rings. The Labute approximate surface area is 236 Å². The Balaban J connectivity index is 1.67. The van der Waals surface area contributed by atoms with Crippen molar-refractivity contribution in [1.29, 1.82) is 0 Å². The number of nitrogens with one attached hydrogen (secondary N) is 1. The number of carbonyl (C=O) groups is 2. The molecular formula is C27H18BrCl2FN2O3S. The van der Waals surface area contributed by atoms with Gasteiger partial charge >= 0.3 is 0 Å². The largest absolute Gasteiger partial charge is 0.487 e. The number of amides is 2. The lowest BCUT2D eigenvalue weighted by Crippen LogP contribution is -2.54. The molecule has 37 heavy (non-hydrogen) atoms. The summed E-state index contributed by atoms with van der Waals surface area (Å²) in [6, 6.07) is 14.4. The lowest BCUT2D eigenvalue weighted by Gasteiger charge is -2.29. The Kier molecular flexibility index (Phi) is 8.44. The number of anilines is 1. The summed E-state index contributed by atoms with van der Waals surface area (Å²) in [6.45, 7) is 4.03. The monoisotopic (exact) mass is 618 g/mol. The van der Waals surface area contributed by atoms with E-state index in [9.17, 15) is 14.0 Å². The minimum Gasteiger partial charge on any atom is -0.487 e. The van der Waals surface area contributed by atoms with Crippen LogP contribution >= 0.6 is 51.3 Å². The molecule has 3 aromatic rings. The number of hydrogen-bond acceptors (Lipinski definition) is 4. The third-order valence-electron chi connectivity index (χ3n) is 5.38. The van der Waals surface area contributed by atoms with Gasteiger partial charge in [0.25, 0.3) is 11.8 Å². The maximum Gasteiger partial charge on any atom is 0.270 e. The molecule has 0 aromatic heterocycles. The van der Waals surface area contributed by atoms with Crippen molar-refractivity contribution in [3.8, 4) is 5.75 Å². The molecule has 0 unspecified atom stereocenters. The van der Waals surface area contributed by atoms with Gasteiger partial charge in [0.2, 0.25) is 0 Å². The first-order chi connectivity index (χ1) is 17.7. The first-order valence-electron chi connectivity index (χ1n) is 10.9. The van der Waals surface area contributed by atoms with Gasteiger partial charge in [0.15, 0.2) is 5.11 Å². The fraction of sp³-hybridized carbons (Fsp3) is 0.0741. The first-order valence-corrected chi connectivity index (χ1v) is 12.8. The van der Waals surface area contributed by atoms with E-state index in [-0.39, 0.29) is 23.0 Å². The van der Waals surface area contributed by atoms with Crippen molar-refractivity contribution in [2.75, 3.05) is 4.90 Å². The SMILES string of the molecule is C=CCc1cc(/C=C2\C(=O)NC(=S)N(c3ccccc3F)C2=O)cc(Br)c1OCc1ccc(Cl)c(Cl)c1. The summed E-state index contributed by atoms with van der Waals surface area (Å²) in [5.74, 6) is -1.49. The molecule has 1 aliphatic rings. The van der Waals surface area contributed by atoms with Gasteiger partial charge in [-0.25, -0.2) is 9.29 Å². The summed E-state index contributed by atoms with van der Waals surface area (Å²) < 4.78 is 21.1. The zero-order valence-electron chi connectivity index (χ0n) is 19.1. The van der Waals surface area contributed by atoms with Crippen LogP contribution in [0, 0.1) is 5.82 Å². The molecule has 0 saturated carbocycles. The fourth-order valence-corrected chi connectivity index (χ4v) is 4.91. The zero-order chi connectivity index (χ0) is 26.7. The van der Waals surface area contributed by atoms with Crippen LogP contribution in [0.1, 0.15) is 16.7 Å². The molecule has 1 N–H and O–H groups in total. The summed E-state index contributed by atoms with van der Waals surface area (Å²) in [4.78, 5) is 26.9. The van der Waals surface area contributed by atoms with Gasteiger partial charge in [0, 0.05) is 0 Å². The highest BCUT2D eigenvalue weighted by molar-refractivity contribution is 9.10. The van der Waals surface area contributed by atoms with Crippen molar-refractivity contribution in [3.05, 3.63) is 110 Å². The summed E-state index contributed by atoms with van der Waals surface area (Å²) in [6.07, 6.45) is 3.59. The van der Waals surface area contributed by atoms with E-state index in [1.807, 2.05) is 6.07 Å². The molecule has 5 nitrogen and oxygen atoms in total. The lowest BCUT2D eigenvalue weighted by molar-refractivity contribution is -0.122. The summed E-state index contributed by atoms with van der Waals surface area (Å²) in [5.41, 5.74) is 1.89. The molecule has 0 atom stereocenters. The van der Waals surface area contributed by atoms with E-state index in [2.05, 4.69) is 27.8 Å². The molecule has 3 aromatic carbocycles. The normalized spacial score (nSPS) is 14.6. The standard InChI is InChI=1S/C27H18BrCl2FN2O3S/c1-2-5-17-10-16(12-19(28)24(17)36-14-15-8-9-20(29)21(30)13-15)11-18-25(34)32-27(37)33(26(18)35)23-7-4-3-6-22(23)31/h2-4,6-13H,1,5,14H2,(H,32,34,37)/b18-11+. The number of carbonyl (C=O) groups excluding carboxylic acids is 2. The van der Waals surface area contributed by atoms with Crippen molar-refractivity contribution >= 4 is 80.0 Å². The predicted octanol–water partition coefficient (Wildman–Crippen LogP) is 7.03. The number of ether oxygens (including phenoxy) is 1. The first kappa shape index (κ1) is 27.0. The number of halogens is 4. The van der Waals surface area contributed by atoms with E-state index in [0.717, 1.165) is 16.0 Å². The van der Waals surface area contributed by atoms with Gasteiger partial charge < -0.3 is 4.74 Å². The summed E-state index contributed by atoms with van der Waals surface area (Å²) >= 11 is 20.8. The van der Waals surface area contributed by atoms with Gasteiger partial charge in [0.1, 0.15) is 23.7 Å². The Hall–Kier alpha value is -3.04. The van der Waals surface area contributed by atoms with E-state index in [4.69, 9.17) is 40.2 Å². The van der Waals surface area contributed by atoms with Crippen LogP contribution in [-0.4, -0.2) is 16.9 Å². The molecule has 1 aliphatic heterocycles. The van der Waals surface area contributed by atoms with E-state index in [0.29, 0.717) is 32.3 Å². The van der Waals surface area contributed by atoms with Gasteiger partial charge in [-0.3, -0.25) is 14.9 Å². The van der Waals surface area contributed by atoms with Gasteiger partial charge in [-0.1, -0.05) is 47.5 Å². The Bertz CT molecular complexity index is 1480. The Morgan fingerprint density at radius 2 is 1.86 bits per heavy atom. The van der Waals surface area contributed by atoms with E-state index in [1.165, 1.54) is 24.3 Å². The molecule has 1 saturated heterocycles. The number of nitrogens with zero attached hydrogens (tertiary/aromatic N) is 1. The second-order valence-corrected chi connectivity index (χ2v) is 9.99. The molecule has 0 bridgehead atoms. The van der Waals surface area contributed by atoms with Gasteiger partial charge in [-0.15, -0.1) is 6.58 Å². The third-order valence-corrected chi connectivity index (χ3v) is 6.99. The van der Waals surface area contributed by atoms with Gasteiger partial charge in [-0.05, 0) is 93.7 Å². The number of benzene rings is 3. The van der Waals surface area contributed by atoms with Crippen molar-refractivity contribution in [3.63, 3.8) is 0 Å². The van der Waals surface area contributed by atoms with E-state index in [1.54, 1.807) is 36.4 Å². The molecule has 2 amide bonds. The smallest absolute Gasteiger partial charge is 0.270 e. The minimum atomic E-state index is -0.736. The summed E-state index contributed by atoms with van der Waals surface area (Å²) in [7, 11) is 0. The molecule has 1 heterocycles. The highest BCUT2D eigenvalue weighted by Gasteiger charge is 2.35. The lowest BCUT2D eigenvalue weighted by atomic mass is 10.0. The van der Waals surface area contributed by atoms with Crippen LogP contribution in [0.2, 0.25) is 10.0 Å². The molecule has 188 valence electrons. The van der Waals surface area contributed by atoms with Crippen molar-refractivity contribution in [2.24, 2.45) is 0 Å². The van der Waals surface area contributed by atoms with Crippen molar-refractivity contribution < 1.29 is 18.7 Å². The third kappa shape index (κ3) is 5.93. The number of thiocarbonyl (C=S) groups is 1. The second-order valence-electron chi connectivity index (χ2n) is 7.93. The molecule has 4 rings (SSSR count). The maximum absolute atomic E-state index is 14.4.